The second-order valence-corrected chi connectivity index (χ2v) is 14.1. The number of piperazine rings is 1. The van der Waals surface area contributed by atoms with Gasteiger partial charge >= 0.3 is 0 Å². The van der Waals surface area contributed by atoms with E-state index in [1.54, 1.807) is 41.3 Å². The van der Waals surface area contributed by atoms with E-state index in [9.17, 15) is 21.6 Å². The van der Waals surface area contributed by atoms with Crippen molar-refractivity contribution >= 4 is 25.6 Å². The average Bonchev–Trinajstić information content (AvgIpc) is 3.41. The number of sulfone groups is 2. The molecule has 2 aliphatic heterocycles. The zero-order valence-electron chi connectivity index (χ0n) is 19.1. The summed E-state index contributed by atoms with van der Waals surface area (Å²) in [6, 6.07) is 9.37. The van der Waals surface area contributed by atoms with Crippen molar-refractivity contribution in [2.75, 3.05) is 37.7 Å². The maximum Gasteiger partial charge on any atom is 0.289 e. The highest BCUT2D eigenvalue weighted by Gasteiger charge is 2.48. The van der Waals surface area contributed by atoms with E-state index >= 15 is 0 Å². The minimum atomic E-state index is -3.85. The topological polar surface area (TPSA) is 105 Å². The van der Waals surface area contributed by atoms with Crippen LogP contribution in [0.1, 0.15) is 36.9 Å². The molecule has 0 saturated carbocycles. The van der Waals surface area contributed by atoms with E-state index in [0.717, 1.165) is 5.56 Å². The number of amides is 1. The molecular formula is C23H30N2O6S2. The zero-order valence-corrected chi connectivity index (χ0v) is 20.7. The Morgan fingerprint density at radius 1 is 1.00 bits per heavy atom. The minimum absolute atomic E-state index is 0.117. The molecule has 33 heavy (non-hydrogen) atoms. The average molecular weight is 495 g/mol. The Balaban J connectivity index is 1.53. The molecule has 0 spiro atoms. The number of hydrogen-bond acceptors (Lipinski definition) is 7. The van der Waals surface area contributed by atoms with Crippen molar-refractivity contribution in [3.63, 3.8) is 0 Å². The van der Waals surface area contributed by atoms with Crippen molar-refractivity contribution in [1.82, 2.24) is 9.80 Å². The Kier molecular flexibility index (Phi) is 6.22. The largest absolute Gasteiger partial charge is 0.459 e. The van der Waals surface area contributed by atoms with E-state index in [1.807, 2.05) is 25.7 Å². The maximum absolute atomic E-state index is 13.5. The van der Waals surface area contributed by atoms with Crippen molar-refractivity contribution < 1.29 is 26.0 Å². The van der Waals surface area contributed by atoms with Gasteiger partial charge in [-0.05, 0) is 35.2 Å². The molecule has 8 nitrogen and oxygen atoms in total. The smallest absolute Gasteiger partial charge is 0.289 e. The quantitative estimate of drug-likeness (QED) is 0.640. The molecule has 1 aromatic heterocycles. The summed E-state index contributed by atoms with van der Waals surface area (Å²) < 4.78 is 57.2. The Labute approximate surface area is 195 Å². The van der Waals surface area contributed by atoms with Gasteiger partial charge in [0.25, 0.3) is 5.91 Å². The molecule has 1 amide bonds. The molecule has 0 N–H and O–H groups in total. The van der Waals surface area contributed by atoms with Gasteiger partial charge in [-0.15, -0.1) is 0 Å². The van der Waals surface area contributed by atoms with Crippen LogP contribution in [0.5, 0.6) is 0 Å². The van der Waals surface area contributed by atoms with Gasteiger partial charge < -0.3 is 9.32 Å². The fraction of sp³-hybridized carbons (Fsp3) is 0.522. The first-order chi connectivity index (χ1) is 15.4. The van der Waals surface area contributed by atoms with Crippen LogP contribution in [-0.2, 0) is 25.1 Å². The highest BCUT2D eigenvalue weighted by atomic mass is 32.2. The van der Waals surface area contributed by atoms with Crippen molar-refractivity contribution in [2.24, 2.45) is 0 Å². The van der Waals surface area contributed by atoms with Gasteiger partial charge in [-0.25, -0.2) is 16.8 Å². The normalized spacial score (nSPS) is 24.2. The highest BCUT2D eigenvalue weighted by molar-refractivity contribution is 7.96. The third kappa shape index (κ3) is 4.88. The molecule has 2 aliphatic rings. The van der Waals surface area contributed by atoms with Gasteiger partial charge in [-0.3, -0.25) is 9.69 Å². The van der Waals surface area contributed by atoms with Crippen LogP contribution in [0.25, 0.3) is 0 Å². The number of hydrogen-bond donors (Lipinski definition) is 0. The van der Waals surface area contributed by atoms with Crippen molar-refractivity contribution in [3.8, 4) is 0 Å². The summed E-state index contributed by atoms with van der Waals surface area (Å²) in [6.07, 6.45) is 1.44. The fourth-order valence-corrected chi connectivity index (χ4v) is 9.40. The molecule has 2 aromatic rings. The van der Waals surface area contributed by atoms with Crippen molar-refractivity contribution in [1.29, 1.82) is 0 Å². The summed E-state index contributed by atoms with van der Waals surface area (Å²) in [6.45, 7) is 7.71. The molecule has 3 heterocycles. The Morgan fingerprint density at radius 3 is 2.18 bits per heavy atom. The van der Waals surface area contributed by atoms with Gasteiger partial charge in [0.05, 0.1) is 27.9 Å². The molecule has 0 bridgehead atoms. The molecule has 2 fully saturated rings. The zero-order chi connectivity index (χ0) is 24.0. The third-order valence-corrected chi connectivity index (χ3v) is 10.7. The predicted molar refractivity (Wildman–Crippen MR) is 125 cm³/mol. The van der Waals surface area contributed by atoms with Gasteiger partial charge in [0.2, 0.25) is 0 Å². The van der Waals surface area contributed by atoms with E-state index in [0.29, 0.717) is 26.2 Å². The summed E-state index contributed by atoms with van der Waals surface area (Å²) in [4.78, 5) is 16.2. The van der Waals surface area contributed by atoms with E-state index in [2.05, 4.69) is 0 Å². The number of carbonyl (C=O) groups is 1. The molecule has 1 aromatic carbocycles. The molecule has 4 rings (SSSR count). The standard InChI is InChI=1S/C23H30N2O6S2/c1-23(2,3)17-6-8-18(9-7-17)33(29,30)21-16-32(27,28)15-19(21)24-10-12-25(13-11-24)22(26)20-5-4-14-31-20/h4-9,14,19,21H,10-13,15-16H2,1-3H3/t19-,21-/m0/s1. The second kappa shape index (κ2) is 8.56. The van der Waals surface area contributed by atoms with Gasteiger partial charge in [-0.1, -0.05) is 32.9 Å². The van der Waals surface area contributed by atoms with E-state index in [4.69, 9.17) is 4.42 Å². The van der Waals surface area contributed by atoms with Crippen LogP contribution in [0, 0.1) is 0 Å². The number of furan rings is 1. The van der Waals surface area contributed by atoms with Crippen LogP contribution in [0.3, 0.4) is 0 Å². The summed E-state index contributed by atoms with van der Waals surface area (Å²) in [5.74, 6) is -0.539. The van der Waals surface area contributed by atoms with E-state index < -0.39 is 31.0 Å². The van der Waals surface area contributed by atoms with Crippen LogP contribution in [-0.4, -0.2) is 81.5 Å². The van der Waals surface area contributed by atoms with Crippen molar-refractivity contribution in [3.05, 3.63) is 54.0 Å². The van der Waals surface area contributed by atoms with Gasteiger partial charge in [-0.2, -0.15) is 0 Å². The van der Waals surface area contributed by atoms with Crippen molar-refractivity contribution in [2.45, 2.75) is 42.4 Å². The molecule has 2 saturated heterocycles. The molecule has 0 unspecified atom stereocenters. The lowest BCUT2D eigenvalue weighted by Gasteiger charge is -2.39. The predicted octanol–water partition coefficient (Wildman–Crippen LogP) is 1.97. The van der Waals surface area contributed by atoms with Crippen LogP contribution >= 0.6 is 0 Å². The molecular weight excluding hydrogens is 464 g/mol. The van der Waals surface area contributed by atoms with Crippen LogP contribution in [0.2, 0.25) is 0 Å². The van der Waals surface area contributed by atoms with Gasteiger partial charge in [0.1, 0.15) is 0 Å². The lowest BCUT2D eigenvalue weighted by molar-refractivity contribution is 0.0560. The highest BCUT2D eigenvalue weighted by Crippen LogP contribution is 2.31. The maximum atomic E-state index is 13.5. The summed E-state index contributed by atoms with van der Waals surface area (Å²) in [5, 5.41) is -1.03. The second-order valence-electron chi connectivity index (χ2n) is 9.81. The summed E-state index contributed by atoms with van der Waals surface area (Å²) in [5.41, 5.74) is 0.892. The molecule has 10 heteroatoms. The number of carbonyl (C=O) groups excluding carboxylic acids is 1. The minimum Gasteiger partial charge on any atom is -0.459 e. The Bertz CT molecular complexity index is 1200. The monoisotopic (exact) mass is 494 g/mol. The summed E-state index contributed by atoms with van der Waals surface area (Å²) >= 11 is 0. The van der Waals surface area contributed by atoms with Gasteiger partial charge in [0.15, 0.2) is 25.4 Å². The summed E-state index contributed by atoms with van der Waals surface area (Å²) in [7, 11) is -7.35. The SMILES string of the molecule is CC(C)(C)c1ccc(S(=O)(=O)[C@H]2CS(=O)(=O)C[C@@H]2N2CCN(C(=O)c3ccco3)CC2)cc1. The number of rotatable bonds is 4. The first-order valence-corrected chi connectivity index (χ1v) is 14.4. The van der Waals surface area contributed by atoms with Crippen LogP contribution in [0.15, 0.2) is 52.0 Å². The molecule has 0 radical (unpaired) electrons. The third-order valence-electron chi connectivity index (χ3n) is 6.52. The van der Waals surface area contributed by atoms with Crippen LogP contribution < -0.4 is 0 Å². The van der Waals surface area contributed by atoms with Gasteiger partial charge in [0, 0.05) is 32.2 Å². The first kappa shape index (κ1) is 24.0. The number of nitrogens with zero attached hydrogens (tertiary/aromatic N) is 2. The first-order valence-electron chi connectivity index (χ1n) is 11.0. The Hall–Kier alpha value is -2.17. The lowest BCUT2D eigenvalue weighted by atomic mass is 9.87. The Morgan fingerprint density at radius 2 is 1.64 bits per heavy atom. The van der Waals surface area contributed by atoms with E-state index in [1.165, 1.54) is 6.26 Å². The van der Waals surface area contributed by atoms with Crippen LogP contribution in [0.4, 0.5) is 0 Å². The molecule has 2 atom stereocenters. The lowest BCUT2D eigenvalue weighted by Crippen LogP contribution is -2.55. The molecule has 0 aliphatic carbocycles. The molecule has 180 valence electrons. The van der Waals surface area contributed by atoms with E-state index in [-0.39, 0.29) is 33.5 Å². The number of benzene rings is 1. The fourth-order valence-electron chi connectivity index (χ4n) is 4.57.